The average molecular weight is 302 g/mol. The molecule has 0 saturated heterocycles. The van der Waals surface area contributed by atoms with Crippen molar-refractivity contribution >= 4 is 27.5 Å². The topological polar surface area (TPSA) is 64.4 Å². The van der Waals surface area contributed by atoms with Crippen LogP contribution in [0.3, 0.4) is 0 Å². The number of aromatic nitrogens is 1. The highest BCUT2D eigenvalue weighted by Crippen LogP contribution is 2.19. The van der Waals surface area contributed by atoms with Gasteiger partial charge in [-0.3, -0.25) is 4.79 Å². The molecular weight excluding hydrogens is 288 g/mol. The van der Waals surface area contributed by atoms with Crippen LogP contribution in [0.25, 0.3) is 10.2 Å². The monoisotopic (exact) mass is 302 g/mol. The predicted octanol–water partition coefficient (Wildman–Crippen LogP) is 3.01. The fraction of sp³-hybridized carbons (Fsp3) is 0.200. The molecule has 1 amide bonds. The van der Waals surface area contributed by atoms with Crippen molar-refractivity contribution in [3.63, 3.8) is 0 Å². The number of methoxy groups -OCH3 is 1. The number of hydrogen-bond acceptors (Lipinski definition) is 5. The SMILES string of the molecule is CO[C@@H](CNC(=O)c1ccc2ncsc2c1)c1ccco1. The van der Waals surface area contributed by atoms with Crippen molar-refractivity contribution in [3.05, 3.63) is 53.4 Å². The number of hydrogen-bond donors (Lipinski definition) is 1. The first-order valence-electron chi connectivity index (χ1n) is 6.45. The molecule has 21 heavy (non-hydrogen) atoms. The van der Waals surface area contributed by atoms with E-state index in [2.05, 4.69) is 10.3 Å². The lowest BCUT2D eigenvalue weighted by molar-refractivity contribution is 0.0738. The third-order valence-electron chi connectivity index (χ3n) is 3.19. The first kappa shape index (κ1) is 13.8. The first-order valence-corrected chi connectivity index (χ1v) is 7.33. The maximum Gasteiger partial charge on any atom is 0.251 e. The van der Waals surface area contributed by atoms with Crippen LogP contribution in [0, 0.1) is 0 Å². The third kappa shape index (κ3) is 2.96. The Morgan fingerprint density at radius 2 is 2.38 bits per heavy atom. The molecular formula is C15H14N2O3S. The highest BCUT2D eigenvalue weighted by Gasteiger charge is 2.15. The van der Waals surface area contributed by atoms with Crippen LogP contribution >= 0.6 is 11.3 Å². The fourth-order valence-electron chi connectivity index (χ4n) is 2.06. The molecule has 2 aromatic heterocycles. The molecule has 6 heteroatoms. The summed E-state index contributed by atoms with van der Waals surface area (Å²) in [6.07, 6.45) is 1.29. The molecule has 0 bridgehead atoms. The molecule has 0 fully saturated rings. The lowest BCUT2D eigenvalue weighted by atomic mass is 10.2. The quantitative estimate of drug-likeness (QED) is 0.787. The summed E-state index contributed by atoms with van der Waals surface area (Å²) in [5, 5.41) is 2.86. The third-order valence-corrected chi connectivity index (χ3v) is 3.98. The Hall–Kier alpha value is -2.18. The number of fused-ring (bicyclic) bond motifs is 1. The van der Waals surface area contributed by atoms with Gasteiger partial charge in [0, 0.05) is 12.7 Å². The highest BCUT2D eigenvalue weighted by atomic mass is 32.1. The summed E-state index contributed by atoms with van der Waals surface area (Å²) < 4.78 is 11.6. The van der Waals surface area contributed by atoms with Crippen LogP contribution in [0.4, 0.5) is 0 Å². The molecule has 0 saturated carbocycles. The van der Waals surface area contributed by atoms with E-state index in [1.807, 2.05) is 18.2 Å². The van der Waals surface area contributed by atoms with E-state index in [1.54, 1.807) is 31.0 Å². The second-order valence-corrected chi connectivity index (χ2v) is 5.37. The van der Waals surface area contributed by atoms with Gasteiger partial charge < -0.3 is 14.5 Å². The van der Waals surface area contributed by atoms with Crippen LogP contribution in [0.2, 0.25) is 0 Å². The Bertz CT molecular complexity index is 736. The van der Waals surface area contributed by atoms with Crippen LogP contribution in [-0.2, 0) is 4.74 Å². The van der Waals surface area contributed by atoms with Crippen molar-refractivity contribution in [1.82, 2.24) is 10.3 Å². The largest absolute Gasteiger partial charge is 0.467 e. The smallest absolute Gasteiger partial charge is 0.251 e. The predicted molar refractivity (Wildman–Crippen MR) is 80.4 cm³/mol. The molecule has 1 N–H and O–H groups in total. The summed E-state index contributed by atoms with van der Waals surface area (Å²) >= 11 is 1.52. The van der Waals surface area contributed by atoms with Crippen LogP contribution in [0.5, 0.6) is 0 Å². The number of furan rings is 1. The van der Waals surface area contributed by atoms with Crippen LogP contribution < -0.4 is 5.32 Å². The zero-order valence-corrected chi connectivity index (χ0v) is 12.2. The normalized spacial score (nSPS) is 12.4. The van der Waals surface area contributed by atoms with Crippen LogP contribution in [0.1, 0.15) is 22.2 Å². The van der Waals surface area contributed by atoms with E-state index in [1.165, 1.54) is 11.3 Å². The molecule has 0 aliphatic rings. The number of nitrogens with zero attached hydrogens (tertiary/aromatic N) is 1. The van der Waals surface area contributed by atoms with E-state index in [-0.39, 0.29) is 12.0 Å². The second-order valence-electron chi connectivity index (χ2n) is 4.48. The molecule has 0 aliphatic heterocycles. The van der Waals surface area contributed by atoms with E-state index >= 15 is 0 Å². The Balaban J connectivity index is 1.68. The minimum Gasteiger partial charge on any atom is -0.467 e. The van der Waals surface area contributed by atoms with Crippen molar-refractivity contribution in [2.24, 2.45) is 0 Å². The Morgan fingerprint density at radius 1 is 1.48 bits per heavy atom. The Morgan fingerprint density at radius 3 is 3.14 bits per heavy atom. The lowest BCUT2D eigenvalue weighted by Gasteiger charge is -2.13. The van der Waals surface area contributed by atoms with Gasteiger partial charge in [-0.15, -0.1) is 11.3 Å². The van der Waals surface area contributed by atoms with Crippen molar-refractivity contribution in [2.45, 2.75) is 6.10 Å². The first-order chi connectivity index (χ1) is 10.3. The zero-order valence-electron chi connectivity index (χ0n) is 11.4. The molecule has 0 radical (unpaired) electrons. The molecule has 0 unspecified atom stereocenters. The number of benzene rings is 1. The van der Waals surface area contributed by atoms with Crippen molar-refractivity contribution in [3.8, 4) is 0 Å². The number of carbonyl (C=O) groups excluding carboxylic acids is 1. The van der Waals surface area contributed by atoms with Gasteiger partial charge in [0.2, 0.25) is 0 Å². The van der Waals surface area contributed by atoms with Gasteiger partial charge in [0.15, 0.2) is 0 Å². The van der Waals surface area contributed by atoms with E-state index in [0.29, 0.717) is 17.9 Å². The van der Waals surface area contributed by atoms with E-state index in [0.717, 1.165) is 10.2 Å². The van der Waals surface area contributed by atoms with Crippen molar-refractivity contribution in [1.29, 1.82) is 0 Å². The minimum atomic E-state index is -0.295. The van der Waals surface area contributed by atoms with E-state index < -0.39 is 0 Å². The summed E-state index contributed by atoms with van der Waals surface area (Å²) in [5.74, 6) is 0.551. The summed E-state index contributed by atoms with van der Waals surface area (Å²) in [7, 11) is 1.59. The molecule has 2 heterocycles. The maximum absolute atomic E-state index is 12.2. The second kappa shape index (κ2) is 6.07. The standard InChI is InChI=1S/C15H14N2O3S/c1-19-13(12-3-2-6-20-12)8-16-15(18)10-4-5-11-14(7-10)21-9-17-11/h2-7,9,13H,8H2,1H3,(H,16,18)/t13-/m0/s1. The number of carbonyl (C=O) groups is 1. The molecule has 0 aliphatic carbocycles. The van der Waals surface area contributed by atoms with E-state index in [4.69, 9.17) is 9.15 Å². The Labute approximate surface area is 125 Å². The number of amides is 1. The van der Waals surface area contributed by atoms with Gasteiger partial charge in [0.1, 0.15) is 11.9 Å². The number of nitrogens with one attached hydrogen (secondary N) is 1. The van der Waals surface area contributed by atoms with Crippen LogP contribution in [0.15, 0.2) is 46.5 Å². The maximum atomic E-state index is 12.2. The molecule has 1 atom stereocenters. The van der Waals surface area contributed by atoms with Gasteiger partial charge in [0.05, 0.1) is 28.5 Å². The highest BCUT2D eigenvalue weighted by molar-refractivity contribution is 7.16. The van der Waals surface area contributed by atoms with Crippen molar-refractivity contribution in [2.75, 3.05) is 13.7 Å². The molecule has 0 spiro atoms. The van der Waals surface area contributed by atoms with Gasteiger partial charge >= 0.3 is 0 Å². The fourth-order valence-corrected chi connectivity index (χ4v) is 2.77. The summed E-state index contributed by atoms with van der Waals surface area (Å²) in [4.78, 5) is 16.4. The van der Waals surface area contributed by atoms with Gasteiger partial charge in [-0.1, -0.05) is 0 Å². The molecule has 108 valence electrons. The van der Waals surface area contributed by atoms with E-state index in [9.17, 15) is 4.79 Å². The number of ether oxygens (including phenoxy) is 1. The van der Waals surface area contributed by atoms with Crippen molar-refractivity contribution < 1.29 is 13.9 Å². The summed E-state index contributed by atoms with van der Waals surface area (Å²) in [6, 6.07) is 9.08. The molecule has 3 aromatic rings. The zero-order chi connectivity index (χ0) is 14.7. The van der Waals surface area contributed by atoms with Gasteiger partial charge in [0.25, 0.3) is 5.91 Å². The lowest BCUT2D eigenvalue weighted by Crippen LogP contribution is -2.28. The van der Waals surface area contributed by atoms with Gasteiger partial charge in [-0.05, 0) is 30.3 Å². The summed E-state index contributed by atoms with van der Waals surface area (Å²) in [5.41, 5.74) is 3.28. The summed E-state index contributed by atoms with van der Waals surface area (Å²) in [6.45, 7) is 0.351. The molecule has 1 aromatic carbocycles. The molecule has 5 nitrogen and oxygen atoms in total. The number of thiazole rings is 1. The number of rotatable bonds is 5. The van der Waals surface area contributed by atoms with Gasteiger partial charge in [-0.25, -0.2) is 4.98 Å². The average Bonchev–Trinajstić information content (AvgIpc) is 3.18. The van der Waals surface area contributed by atoms with Crippen LogP contribution in [-0.4, -0.2) is 24.5 Å². The minimum absolute atomic E-state index is 0.140. The van der Waals surface area contributed by atoms with Gasteiger partial charge in [-0.2, -0.15) is 0 Å². The Kier molecular flexibility index (Phi) is 3.98. The molecule has 3 rings (SSSR count).